The van der Waals surface area contributed by atoms with Gasteiger partial charge >= 0.3 is 5.97 Å². The Labute approximate surface area is 299 Å². The van der Waals surface area contributed by atoms with Crippen molar-refractivity contribution in [2.24, 2.45) is 29.0 Å². The smallest absolute Gasteiger partial charge is 0.306 e. The van der Waals surface area contributed by atoms with Gasteiger partial charge in [0.1, 0.15) is 23.9 Å². The van der Waals surface area contributed by atoms with Crippen LogP contribution in [0.5, 0.6) is 5.75 Å². The maximum absolute atomic E-state index is 13.9. The monoisotopic (exact) mass is 715 g/mol. The number of hydrogen-bond acceptors (Lipinski definition) is 10. The molecule has 4 amide bonds. The van der Waals surface area contributed by atoms with Crippen molar-refractivity contribution in [3.8, 4) is 5.75 Å². The Kier molecular flexibility index (Phi) is 18.9. The average molecular weight is 716 g/mol. The summed E-state index contributed by atoms with van der Waals surface area (Å²) in [6, 6.07) is 0.658. The van der Waals surface area contributed by atoms with Crippen molar-refractivity contribution in [2.75, 3.05) is 13.1 Å². The summed E-state index contributed by atoms with van der Waals surface area (Å²) in [5, 5.41) is 30.5. The zero-order valence-electron chi connectivity index (χ0n) is 29.8. The van der Waals surface area contributed by atoms with Crippen LogP contribution < -0.4 is 38.5 Å². The highest BCUT2D eigenvalue weighted by Crippen LogP contribution is 2.19. The van der Waals surface area contributed by atoms with E-state index in [0.717, 1.165) is 0 Å². The van der Waals surface area contributed by atoms with Gasteiger partial charge in [-0.15, -0.1) is 0 Å². The maximum Gasteiger partial charge on any atom is 0.306 e. The number of nitrogens with two attached hydrogens (primary N) is 3. The molecule has 0 saturated carbocycles. The summed E-state index contributed by atoms with van der Waals surface area (Å²) in [5.41, 5.74) is 18.0. The van der Waals surface area contributed by atoms with Crippen molar-refractivity contribution < 1.29 is 39.0 Å². The van der Waals surface area contributed by atoms with Crippen molar-refractivity contribution in [1.29, 1.82) is 0 Å². The summed E-state index contributed by atoms with van der Waals surface area (Å²) in [6.07, 6.45) is 5.90. The van der Waals surface area contributed by atoms with Gasteiger partial charge in [0.05, 0.1) is 18.0 Å². The van der Waals surface area contributed by atoms with Crippen molar-refractivity contribution in [2.45, 2.75) is 115 Å². The molecule has 1 heterocycles. The molecule has 0 aromatic heterocycles. The van der Waals surface area contributed by atoms with Crippen LogP contribution in [0.25, 0.3) is 0 Å². The van der Waals surface area contributed by atoms with E-state index in [-0.39, 0.29) is 56.6 Å². The van der Waals surface area contributed by atoms with E-state index in [1.165, 1.54) is 12.1 Å². The Balaban J connectivity index is 2.43. The molecule has 6 atom stereocenters. The van der Waals surface area contributed by atoms with Crippen LogP contribution in [0.3, 0.4) is 0 Å². The Morgan fingerprint density at radius 2 is 1.39 bits per heavy atom. The lowest BCUT2D eigenvalue weighted by atomic mass is 9.89. The highest BCUT2D eigenvalue weighted by atomic mass is 16.4. The number of carbonyl (C=O) groups excluding carboxylic acids is 5. The summed E-state index contributed by atoms with van der Waals surface area (Å²) in [6.45, 7) is 4.48. The minimum Gasteiger partial charge on any atom is -0.508 e. The minimum atomic E-state index is -1.21. The third kappa shape index (κ3) is 15.6. The lowest BCUT2D eigenvalue weighted by Crippen LogP contribution is -2.58. The summed E-state index contributed by atoms with van der Waals surface area (Å²) >= 11 is 0. The van der Waals surface area contributed by atoms with Crippen LogP contribution in [0.2, 0.25) is 0 Å². The molecule has 0 bridgehead atoms. The van der Waals surface area contributed by atoms with Gasteiger partial charge in [-0.3, -0.25) is 28.8 Å². The van der Waals surface area contributed by atoms with Crippen molar-refractivity contribution in [1.82, 2.24) is 21.3 Å². The predicted molar refractivity (Wildman–Crippen MR) is 192 cm³/mol. The number of Topliss-reactive ketones (excluding diaryl/α,β-unsaturated/α-hetero) is 1. The Hall–Kier alpha value is -4.34. The molecule has 15 nitrogen and oxygen atoms in total. The molecule has 1 aromatic carbocycles. The minimum absolute atomic E-state index is 0.00264. The van der Waals surface area contributed by atoms with E-state index >= 15 is 0 Å². The number of phenolic OH excluding ortho intramolecular Hbond substituents is 1. The fourth-order valence-corrected chi connectivity index (χ4v) is 5.77. The number of carbonyl (C=O) groups is 6. The lowest BCUT2D eigenvalue weighted by molar-refractivity contribution is -0.144. The molecule has 0 fully saturated rings. The normalized spacial score (nSPS) is 21.5. The van der Waals surface area contributed by atoms with Crippen molar-refractivity contribution in [3.05, 3.63) is 42.0 Å². The van der Waals surface area contributed by atoms with Crippen LogP contribution >= 0.6 is 0 Å². The fraction of sp³-hybridized carbons (Fsp3) is 0.611. The molecule has 1 aromatic rings. The lowest BCUT2D eigenvalue weighted by Gasteiger charge is -2.27. The summed E-state index contributed by atoms with van der Waals surface area (Å²) in [7, 11) is 0. The summed E-state index contributed by atoms with van der Waals surface area (Å²) in [4.78, 5) is 79.7. The Bertz CT molecular complexity index is 1340. The van der Waals surface area contributed by atoms with Crippen LogP contribution in [0.15, 0.2) is 36.4 Å². The molecule has 0 unspecified atom stereocenters. The van der Waals surface area contributed by atoms with Gasteiger partial charge < -0.3 is 48.7 Å². The molecule has 0 aliphatic carbocycles. The first kappa shape index (κ1) is 42.8. The molecule has 2 rings (SSSR count). The highest BCUT2D eigenvalue weighted by molar-refractivity contribution is 5.96. The van der Waals surface area contributed by atoms with Gasteiger partial charge in [0.15, 0.2) is 5.78 Å². The molecule has 1 aliphatic rings. The van der Waals surface area contributed by atoms with E-state index in [1.807, 2.05) is 13.8 Å². The van der Waals surface area contributed by atoms with E-state index in [1.54, 1.807) is 24.3 Å². The molecule has 15 heteroatoms. The number of carboxylic acids is 1. The van der Waals surface area contributed by atoms with Crippen LogP contribution in [0.4, 0.5) is 0 Å². The number of aromatic hydroxyl groups is 1. The van der Waals surface area contributed by atoms with E-state index in [0.29, 0.717) is 44.3 Å². The largest absolute Gasteiger partial charge is 0.508 e. The Morgan fingerprint density at radius 3 is 1.94 bits per heavy atom. The zero-order chi connectivity index (χ0) is 37.9. The van der Waals surface area contributed by atoms with Crippen LogP contribution in [-0.2, 0) is 35.2 Å². The third-order valence-electron chi connectivity index (χ3n) is 8.69. The molecule has 1 aliphatic heterocycles. The molecule has 12 N–H and O–H groups in total. The van der Waals surface area contributed by atoms with Crippen molar-refractivity contribution in [3.63, 3.8) is 0 Å². The van der Waals surface area contributed by atoms with Gasteiger partial charge in [-0.1, -0.05) is 38.1 Å². The van der Waals surface area contributed by atoms with Gasteiger partial charge in [0.25, 0.3) is 0 Å². The van der Waals surface area contributed by atoms with Gasteiger partial charge in [-0.25, -0.2) is 0 Å². The zero-order valence-corrected chi connectivity index (χ0v) is 29.8. The Morgan fingerprint density at radius 1 is 0.843 bits per heavy atom. The summed E-state index contributed by atoms with van der Waals surface area (Å²) < 4.78 is 0. The number of hydrogen-bond donors (Lipinski definition) is 9. The van der Waals surface area contributed by atoms with E-state index in [2.05, 4.69) is 21.3 Å². The van der Waals surface area contributed by atoms with Crippen LogP contribution in [0.1, 0.15) is 83.6 Å². The van der Waals surface area contributed by atoms with Gasteiger partial charge in [0.2, 0.25) is 23.6 Å². The van der Waals surface area contributed by atoms with Gasteiger partial charge in [-0.05, 0) is 101 Å². The van der Waals surface area contributed by atoms with Crippen LogP contribution in [-0.4, -0.2) is 88.9 Å². The molecule has 0 radical (unpaired) electrons. The quantitative estimate of drug-likeness (QED) is 0.0747. The summed E-state index contributed by atoms with van der Waals surface area (Å²) in [5.74, 6) is -5.04. The second-order valence-electron chi connectivity index (χ2n) is 13.6. The van der Waals surface area contributed by atoms with Gasteiger partial charge in [-0.2, -0.15) is 0 Å². The number of ketones is 1. The number of aliphatic carboxylic acids is 1. The molecule has 0 saturated heterocycles. The number of benzene rings is 1. The van der Waals surface area contributed by atoms with Gasteiger partial charge in [0, 0.05) is 6.42 Å². The molecular weight excluding hydrogens is 658 g/mol. The first-order valence-corrected chi connectivity index (χ1v) is 17.8. The van der Waals surface area contributed by atoms with Crippen LogP contribution in [0, 0.1) is 11.8 Å². The fourth-order valence-electron chi connectivity index (χ4n) is 5.77. The average Bonchev–Trinajstić information content (AvgIpc) is 3.08. The maximum atomic E-state index is 13.9. The SMILES string of the molecule is CC(C)C[C@@H](CC(=O)[C@@H](Cc1ccc(O)cc1)NC(=O)[C@@H]1CC=CC[C@H](N)C(=O)N[C@@H](CCCCN)C(=O)N[C@@H](CCCCN)C(=O)N1)C(=O)O. The predicted octanol–water partition coefficient (Wildman–Crippen LogP) is 0.515. The standard InChI is InChI=1S/C36H57N7O8/c1-22(2)19-24(36(50)51)21-31(45)30(20-23-13-15-25(44)16-14-23)43-35(49)28-10-4-3-9-26(39)32(46)40-27(11-5-7-17-37)33(47)42-29(34(48)41-28)12-6-8-18-38/h3-4,13-16,22,24,26-30,44H,5-12,17-21,37-39H2,1-2H3,(H,40,46)(H,41,48)(H,42,47)(H,43,49)(H,50,51)/t24-,26-,27-,28-,29-,30+/m0/s1. The second kappa shape index (κ2) is 22.5. The molecule has 0 spiro atoms. The van der Waals surface area contributed by atoms with E-state index in [4.69, 9.17) is 17.2 Å². The van der Waals surface area contributed by atoms with E-state index in [9.17, 15) is 39.0 Å². The number of nitrogens with one attached hydrogen (secondary N) is 4. The first-order valence-electron chi connectivity index (χ1n) is 17.8. The number of unbranched alkanes of at least 4 members (excludes halogenated alkanes) is 2. The molecule has 284 valence electrons. The molecule has 51 heavy (non-hydrogen) atoms. The number of amides is 4. The topological polar surface area (TPSA) is 269 Å². The van der Waals surface area contributed by atoms with E-state index < -0.39 is 71.5 Å². The van der Waals surface area contributed by atoms with Crippen molar-refractivity contribution >= 4 is 35.4 Å². The third-order valence-corrected chi connectivity index (χ3v) is 8.69. The number of rotatable bonds is 18. The number of carboxylic acid groups (broad SMARTS) is 1. The second-order valence-corrected chi connectivity index (χ2v) is 13.6. The molecular formula is C36H57N7O8. The number of phenols is 1. The first-order chi connectivity index (χ1) is 24.2. The highest BCUT2D eigenvalue weighted by Gasteiger charge is 2.33.